The first-order valence-electron chi connectivity index (χ1n) is 6.25. The molecule has 0 bridgehead atoms. The maximum atomic E-state index is 12.0. The van der Waals surface area contributed by atoms with Gasteiger partial charge in [0.2, 0.25) is 11.8 Å². The third kappa shape index (κ3) is 3.96. The van der Waals surface area contributed by atoms with Gasteiger partial charge in [-0.25, -0.2) is 4.98 Å². The Balaban J connectivity index is 1.83. The third-order valence-corrected chi connectivity index (χ3v) is 3.62. The lowest BCUT2D eigenvalue weighted by molar-refractivity contribution is -0.121. The Morgan fingerprint density at radius 3 is 2.90 bits per heavy atom. The minimum absolute atomic E-state index is 0.0470. The molecule has 1 atom stereocenters. The molecule has 0 fully saturated rings. The highest BCUT2D eigenvalue weighted by Gasteiger charge is 2.12. The van der Waals surface area contributed by atoms with Gasteiger partial charge in [-0.2, -0.15) is 0 Å². The summed E-state index contributed by atoms with van der Waals surface area (Å²) in [6, 6.07) is 7.21. The standard InChI is InChI=1S/C14H17N3O2S/c1-10(14(18)16-9-12-4-3-7-20-12)17-11-5-6-13(19-2)15-8-11/h3-8,10,17H,9H2,1-2H3,(H,16,18)/t10-/m0/s1. The summed E-state index contributed by atoms with van der Waals surface area (Å²) < 4.78 is 4.98. The van der Waals surface area contributed by atoms with Crippen LogP contribution < -0.4 is 15.4 Å². The number of carbonyl (C=O) groups excluding carboxylic acids is 1. The molecule has 0 aliphatic heterocycles. The first-order chi connectivity index (χ1) is 9.69. The van der Waals surface area contributed by atoms with E-state index < -0.39 is 0 Å². The number of ether oxygens (including phenoxy) is 1. The maximum Gasteiger partial charge on any atom is 0.242 e. The summed E-state index contributed by atoms with van der Waals surface area (Å²) in [7, 11) is 1.57. The number of anilines is 1. The number of amides is 1. The molecule has 2 heterocycles. The van der Waals surface area contributed by atoms with Gasteiger partial charge >= 0.3 is 0 Å². The number of rotatable bonds is 6. The number of pyridine rings is 1. The zero-order chi connectivity index (χ0) is 14.4. The van der Waals surface area contributed by atoms with Crippen LogP contribution in [0.1, 0.15) is 11.8 Å². The highest BCUT2D eigenvalue weighted by Crippen LogP contribution is 2.12. The number of hydrogen-bond acceptors (Lipinski definition) is 5. The SMILES string of the molecule is COc1ccc(N[C@@H](C)C(=O)NCc2cccs2)cn1. The Hall–Kier alpha value is -2.08. The number of thiophene rings is 1. The van der Waals surface area contributed by atoms with Crippen molar-refractivity contribution in [3.8, 4) is 5.88 Å². The van der Waals surface area contributed by atoms with Crippen LogP contribution in [0.4, 0.5) is 5.69 Å². The van der Waals surface area contributed by atoms with E-state index in [9.17, 15) is 4.79 Å². The number of methoxy groups -OCH3 is 1. The lowest BCUT2D eigenvalue weighted by atomic mass is 10.3. The summed E-state index contributed by atoms with van der Waals surface area (Å²) in [4.78, 5) is 17.2. The van der Waals surface area contributed by atoms with Crippen molar-refractivity contribution < 1.29 is 9.53 Å². The zero-order valence-electron chi connectivity index (χ0n) is 11.4. The smallest absolute Gasteiger partial charge is 0.242 e. The molecule has 5 nitrogen and oxygen atoms in total. The third-order valence-electron chi connectivity index (χ3n) is 2.74. The van der Waals surface area contributed by atoms with Crippen molar-refractivity contribution in [2.45, 2.75) is 19.5 Å². The minimum Gasteiger partial charge on any atom is -0.481 e. The van der Waals surface area contributed by atoms with Gasteiger partial charge in [-0.3, -0.25) is 4.79 Å². The molecular formula is C14H17N3O2S. The Morgan fingerprint density at radius 1 is 1.45 bits per heavy atom. The lowest BCUT2D eigenvalue weighted by Gasteiger charge is -2.14. The van der Waals surface area contributed by atoms with Gasteiger partial charge in [0.25, 0.3) is 0 Å². The molecule has 0 aromatic carbocycles. The number of carbonyl (C=O) groups is 1. The van der Waals surface area contributed by atoms with Crippen molar-refractivity contribution in [3.05, 3.63) is 40.7 Å². The molecular weight excluding hydrogens is 274 g/mol. The molecule has 0 unspecified atom stereocenters. The van der Waals surface area contributed by atoms with Gasteiger partial charge in [0.15, 0.2) is 0 Å². The summed E-state index contributed by atoms with van der Waals surface area (Å²) in [6.45, 7) is 2.37. The predicted octanol–water partition coefficient (Wildman–Crippen LogP) is 2.27. The van der Waals surface area contributed by atoms with Crippen molar-refractivity contribution in [1.29, 1.82) is 0 Å². The van der Waals surface area contributed by atoms with Gasteiger partial charge in [0.1, 0.15) is 6.04 Å². The molecule has 6 heteroatoms. The first kappa shape index (κ1) is 14.3. The van der Waals surface area contributed by atoms with Crippen LogP contribution in [0, 0.1) is 0 Å². The lowest BCUT2D eigenvalue weighted by Crippen LogP contribution is -2.37. The molecule has 2 aromatic heterocycles. The predicted molar refractivity (Wildman–Crippen MR) is 80.0 cm³/mol. The van der Waals surface area contributed by atoms with Crippen LogP contribution in [-0.2, 0) is 11.3 Å². The van der Waals surface area contributed by atoms with Crippen molar-refractivity contribution in [3.63, 3.8) is 0 Å². The first-order valence-corrected chi connectivity index (χ1v) is 7.13. The Kier molecular flexibility index (Phi) is 4.95. The summed E-state index contributed by atoms with van der Waals surface area (Å²) in [5.41, 5.74) is 0.782. The van der Waals surface area contributed by atoms with Crippen molar-refractivity contribution in [2.75, 3.05) is 12.4 Å². The van der Waals surface area contributed by atoms with Crippen LogP contribution in [0.25, 0.3) is 0 Å². The largest absolute Gasteiger partial charge is 0.481 e. The number of aromatic nitrogens is 1. The van der Waals surface area contributed by atoms with Crippen LogP contribution in [0.3, 0.4) is 0 Å². The highest BCUT2D eigenvalue weighted by molar-refractivity contribution is 7.09. The van der Waals surface area contributed by atoms with E-state index in [1.54, 1.807) is 30.7 Å². The molecule has 0 aliphatic rings. The van der Waals surface area contributed by atoms with E-state index in [4.69, 9.17) is 4.74 Å². The van der Waals surface area contributed by atoms with Gasteiger partial charge in [0, 0.05) is 10.9 Å². The van der Waals surface area contributed by atoms with Gasteiger partial charge < -0.3 is 15.4 Å². The number of nitrogens with zero attached hydrogens (tertiary/aromatic N) is 1. The second kappa shape index (κ2) is 6.91. The van der Waals surface area contributed by atoms with Gasteiger partial charge in [-0.05, 0) is 24.4 Å². The maximum absolute atomic E-state index is 12.0. The van der Waals surface area contributed by atoms with E-state index in [1.165, 1.54) is 0 Å². The van der Waals surface area contributed by atoms with Crippen LogP contribution in [0.2, 0.25) is 0 Å². The normalized spacial score (nSPS) is 11.7. The van der Waals surface area contributed by atoms with Crippen molar-refractivity contribution in [1.82, 2.24) is 10.3 Å². The molecule has 0 aliphatic carbocycles. The van der Waals surface area contributed by atoms with Gasteiger partial charge in [0.05, 0.1) is 25.5 Å². The highest BCUT2D eigenvalue weighted by atomic mass is 32.1. The van der Waals surface area contributed by atoms with Gasteiger partial charge in [-0.15, -0.1) is 11.3 Å². The summed E-state index contributed by atoms with van der Waals surface area (Å²) in [6.07, 6.45) is 1.64. The molecule has 0 radical (unpaired) electrons. The summed E-state index contributed by atoms with van der Waals surface area (Å²) in [5, 5.41) is 7.98. The summed E-state index contributed by atoms with van der Waals surface area (Å²) >= 11 is 1.63. The molecule has 2 N–H and O–H groups in total. The van der Waals surface area contributed by atoms with Crippen LogP contribution in [0.5, 0.6) is 5.88 Å². The Bertz CT molecular complexity index is 540. The Morgan fingerprint density at radius 2 is 2.30 bits per heavy atom. The van der Waals surface area contributed by atoms with Crippen LogP contribution in [-0.4, -0.2) is 24.0 Å². The second-order valence-electron chi connectivity index (χ2n) is 4.25. The average Bonchev–Trinajstić information content (AvgIpc) is 2.98. The summed E-state index contributed by atoms with van der Waals surface area (Å²) in [5.74, 6) is 0.500. The molecule has 2 aromatic rings. The molecule has 20 heavy (non-hydrogen) atoms. The van der Waals surface area contributed by atoms with E-state index in [-0.39, 0.29) is 11.9 Å². The van der Waals surface area contributed by atoms with Crippen LogP contribution in [0.15, 0.2) is 35.8 Å². The number of hydrogen-bond donors (Lipinski definition) is 2. The quantitative estimate of drug-likeness (QED) is 0.857. The zero-order valence-corrected chi connectivity index (χ0v) is 12.2. The van der Waals surface area contributed by atoms with E-state index in [0.717, 1.165) is 10.6 Å². The van der Waals surface area contributed by atoms with Crippen molar-refractivity contribution >= 4 is 22.9 Å². The molecule has 1 amide bonds. The Labute approximate surface area is 122 Å². The molecule has 0 saturated carbocycles. The monoisotopic (exact) mass is 291 g/mol. The fourth-order valence-corrected chi connectivity index (χ4v) is 2.29. The fraction of sp³-hybridized carbons (Fsp3) is 0.286. The molecule has 0 saturated heterocycles. The molecule has 106 valence electrons. The van der Waals surface area contributed by atoms with E-state index in [0.29, 0.717) is 12.4 Å². The van der Waals surface area contributed by atoms with E-state index >= 15 is 0 Å². The second-order valence-corrected chi connectivity index (χ2v) is 5.28. The number of nitrogens with one attached hydrogen (secondary N) is 2. The van der Waals surface area contributed by atoms with E-state index in [1.807, 2.05) is 30.5 Å². The molecule has 2 rings (SSSR count). The molecule has 0 spiro atoms. The van der Waals surface area contributed by atoms with Crippen LogP contribution >= 0.6 is 11.3 Å². The fourth-order valence-electron chi connectivity index (χ4n) is 1.64. The average molecular weight is 291 g/mol. The van der Waals surface area contributed by atoms with Gasteiger partial charge in [-0.1, -0.05) is 6.07 Å². The topological polar surface area (TPSA) is 63.2 Å². The minimum atomic E-state index is -0.329. The van der Waals surface area contributed by atoms with Crippen molar-refractivity contribution in [2.24, 2.45) is 0 Å². The van der Waals surface area contributed by atoms with E-state index in [2.05, 4.69) is 15.6 Å².